The lowest BCUT2D eigenvalue weighted by molar-refractivity contribution is -0.135. The van der Waals surface area contributed by atoms with Crippen molar-refractivity contribution in [3.05, 3.63) is 167 Å². The molecule has 0 saturated carbocycles. The largest absolute Gasteiger partial charge is 0.378 e. The molecule has 3 aromatic carbocycles. The van der Waals surface area contributed by atoms with Gasteiger partial charge in [-0.3, -0.25) is 58.7 Å². The van der Waals surface area contributed by atoms with Crippen LogP contribution in [0.25, 0.3) is 54.7 Å². The van der Waals surface area contributed by atoms with Gasteiger partial charge >= 0.3 is 0 Å². The summed E-state index contributed by atoms with van der Waals surface area (Å²) in [4.78, 5) is 86.4. The monoisotopic (exact) mass is 1230 g/mol. The number of hydrogen-bond donors (Lipinski definition) is 2. The van der Waals surface area contributed by atoms with Gasteiger partial charge in [0.15, 0.2) is 0 Å². The maximum absolute atomic E-state index is 14.2. The number of piperidine rings is 1. The highest BCUT2D eigenvalue weighted by Gasteiger charge is 2.37. The number of nitrogens with zero attached hydrogens (tertiary/aromatic N) is 11. The number of aromatic nitrogens is 6. The first-order valence-electron chi connectivity index (χ1n) is 34.0. The molecule has 0 bridgehead atoms. The molecule has 18 heteroatoms. The van der Waals surface area contributed by atoms with Crippen LogP contribution in [0.4, 0.5) is 0 Å². The molecule has 18 nitrogen and oxygen atoms in total. The molecular formula is C74H83N13O5. The fraction of sp³-hybridized carbons (Fsp3) is 0.432. The normalized spacial score (nSPS) is 19.0. The number of fused-ring (bicyclic) bond motifs is 9. The maximum Gasteiger partial charge on any atom is 0.261 e. The molecule has 0 unspecified atom stereocenters. The second-order valence-electron chi connectivity index (χ2n) is 26.3. The van der Waals surface area contributed by atoms with Crippen LogP contribution in [0.5, 0.6) is 0 Å². The Hall–Kier alpha value is -8.26. The molecule has 3 fully saturated rings. The van der Waals surface area contributed by atoms with E-state index in [9.17, 15) is 19.2 Å². The third-order valence-corrected chi connectivity index (χ3v) is 20.8. The third kappa shape index (κ3) is 11.8. The molecule has 474 valence electrons. The van der Waals surface area contributed by atoms with Crippen molar-refractivity contribution >= 4 is 67.2 Å². The van der Waals surface area contributed by atoms with Gasteiger partial charge in [-0.2, -0.15) is 0 Å². The Kier molecular flexibility index (Phi) is 17.5. The number of amides is 4. The van der Waals surface area contributed by atoms with Crippen molar-refractivity contribution in [2.75, 3.05) is 85.2 Å². The molecule has 2 N–H and O–H groups in total. The number of ether oxygens (including phenoxy) is 1. The van der Waals surface area contributed by atoms with Crippen molar-refractivity contribution in [1.29, 1.82) is 0 Å². The average Bonchev–Trinajstić information content (AvgIpc) is 1.57. The van der Waals surface area contributed by atoms with Gasteiger partial charge in [-0.05, 0) is 180 Å². The van der Waals surface area contributed by atoms with Crippen LogP contribution in [-0.2, 0) is 53.3 Å². The minimum Gasteiger partial charge on any atom is -0.378 e. The second-order valence-corrected chi connectivity index (χ2v) is 26.3. The van der Waals surface area contributed by atoms with E-state index < -0.39 is 0 Å². The summed E-state index contributed by atoms with van der Waals surface area (Å²) < 4.78 is 10.3. The van der Waals surface area contributed by atoms with Crippen molar-refractivity contribution in [3.8, 4) is 11.1 Å². The molecular weight excluding hydrogens is 1150 g/mol. The Morgan fingerprint density at radius 2 is 1.26 bits per heavy atom. The Morgan fingerprint density at radius 1 is 0.576 bits per heavy atom. The predicted molar refractivity (Wildman–Crippen MR) is 357 cm³/mol. The first-order valence-corrected chi connectivity index (χ1v) is 34.0. The van der Waals surface area contributed by atoms with E-state index in [0.29, 0.717) is 82.5 Å². The van der Waals surface area contributed by atoms with E-state index in [1.165, 1.54) is 40.9 Å². The number of carbonyl (C=O) groups excluding carboxylic acids is 4. The van der Waals surface area contributed by atoms with E-state index in [1.54, 1.807) is 12.1 Å². The number of hydrogen-bond acceptors (Lipinski definition) is 13. The summed E-state index contributed by atoms with van der Waals surface area (Å²) >= 11 is 0. The lowest BCUT2D eigenvalue weighted by atomic mass is 9.84. The number of morpholine rings is 1. The number of aryl methyl sites for hydroxylation is 2. The zero-order chi connectivity index (χ0) is 62.1. The first kappa shape index (κ1) is 60.0. The minimum absolute atomic E-state index is 0.0209. The zero-order valence-corrected chi connectivity index (χ0v) is 52.7. The Morgan fingerprint density at radius 3 is 2.05 bits per heavy atom. The van der Waals surface area contributed by atoms with Crippen LogP contribution in [0.2, 0.25) is 0 Å². The van der Waals surface area contributed by atoms with E-state index in [4.69, 9.17) is 24.7 Å². The van der Waals surface area contributed by atoms with E-state index in [-0.39, 0.29) is 48.8 Å². The lowest BCUT2D eigenvalue weighted by Gasteiger charge is -2.36. The standard InChI is InChI=1S/C74H83N13O5/c88-66-48-81(41-35-78-66)36-10-38-84(64-22-5-13-51-14-8-29-79-69(51)64)47-61-72-59(28-33-77-61)68-54(18-6-21-63(68)85(72)39-11-40-86-73(90)57-16-1-2-17-58(57)74(86)91)52-26-34-80-70-55(52)19-7-23-65(70)83(37-9-12-50-24-30-75-31-25-50)46-60-71-56(27-32-76-60)53-15-3-4-20-62(53)87(71)49-67(89)82-42-44-92-45-43-82/h1-4,6,8,14-18,20-21,26-29,32-34,50,64-65,75H,5,7,9-13,19,22-25,30-31,35-49H2,(H,78,88)/t64-,65-/m0/s1. The molecule has 15 rings (SSSR count). The Balaban J connectivity index is 0.815. The quantitative estimate of drug-likeness (QED) is 0.0650. The smallest absolute Gasteiger partial charge is 0.261 e. The lowest BCUT2D eigenvalue weighted by Crippen LogP contribution is -2.48. The van der Waals surface area contributed by atoms with Crippen LogP contribution < -0.4 is 10.6 Å². The molecule has 6 aromatic heterocycles. The van der Waals surface area contributed by atoms with E-state index in [1.807, 2.05) is 41.8 Å². The van der Waals surface area contributed by atoms with Gasteiger partial charge in [-0.1, -0.05) is 48.5 Å². The highest BCUT2D eigenvalue weighted by molar-refractivity contribution is 6.21. The maximum atomic E-state index is 14.2. The van der Waals surface area contributed by atoms with Crippen molar-refractivity contribution < 1.29 is 23.9 Å². The number of nitrogens with one attached hydrogen (secondary N) is 2. The summed E-state index contributed by atoms with van der Waals surface area (Å²) in [6.07, 6.45) is 19.9. The number of piperazine rings is 1. The van der Waals surface area contributed by atoms with Crippen LogP contribution >= 0.6 is 0 Å². The molecule has 2 atom stereocenters. The highest BCUT2D eigenvalue weighted by Crippen LogP contribution is 2.45. The van der Waals surface area contributed by atoms with Gasteiger partial charge in [0.2, 0.25) is 11.8 Å². The molecule has 0 spiro atoms. The zero-order valence-electron chi connectivity index (χ0n) is 52.7. The molecule has 2 aliphatic carbocycles. The number of benzene rings is 3. The number of carbonyl (C=O) groups is 4. The highest BCUT2D eigenvalue weighted by atomic mass is 16.5. The second kappa shape index (κ2) is 26.8. The summed E-state index contributed by atoms with van der Waals surface area (Å²) in [5.74, 6) is 0.380. The van der Waals surface area contributed by atoms with E-state index >= 15 is 0 Å². The fourth-order valence-corrected chi connectivity index (χ4v) is 16.4. The third-order valence-electron chi connectivity index (χ3n) is 20.8. The molecule has 10 heterocycles. The van der Waals surface area contributed by atoms with E-state index in [0.717, 1.165) is 163 Å². The summed E-state index contributed by atoms with van der Waals surface area (Å²) in [6, 6.07) is 33.3. The van der Waals surface area contributed by atoms with Crippen molar-refractivity contribution in [1.82, 2.24) is 64.2 Å². The van der Waals surface area contributed by atoms with E-state index in [2.05, 4.69) is 107 Å². The molecule has 4 amide bonds. The van der Waals surface area contributed by atoms with Gasteiger partial charge in [-0.25, -0.2) is 0 Å². The molecule has 4 aliphatic heterocycles. The topological polar surface area (TPSA) is 179 Å². The molecule has 6 aliphatic rings. The average molecular weight is 1230 g/mol. The van der Waals surface area contributed by atoms with Gasteiger partial charge < -0.3 is 29.4 Å². The Bertz CT molecular complexity index is 4210. The summed E-state index contributed by atoms with van der Waals surface area (Å²) in [6.45, 7) is 11.1. The SMILES string of the molecule is O=C1CN(CCCN(Cc2nccc3c4c(-c5ccnc6c5CCC[C@@H]6N(CCCC5CCNCC5)Cc5nccc6c7ccccc7n(CC(=O)N7CCOCC7)c56)cccc4n(CCCN4C(=O)c5ccccc5C4=O)c23)[C@H]2CCCc3cccnc32)CCN1. The van der Waals surface area contributed by atoms with Gasteiger partial charge in [0.25, 0.3) is 11.8 Å². The van der Waals surface area contributed by atoms with Crippen LogP contribution in [-0.4, -0.2) is 162 Å². The molecule has 3 saturated heterocycles. The summed E-state index contributed by atoms with van der Waals surface area (Å²) in [5, 5.41) is 11.1. The number of para-hydroxylation sites is 1. The van der Waals surface area contributed by atoms with Crippen molar-refractivity contribution in [3.63, 3.8) is 0 Å². The minimum atomic E-state index is -0.242. The van der Waals surface area contributed by atoms with Crippen LogP contribution in [0.3, 0.4) is 0 Å². The summed E-state index contributed by atoms with van der Waals surface area (Å²) in [5.41, 5.74) is 14.2. The van der Waals surface area contributed by atoms with Crippen LogP contribution in [0.15, 0.2) is 122 Å². The predicted octanol–water partition coefficient (Wildman–Crippen LogP) is 10.1. The number of pyridine rings is 4. The number of rotatable bonds is 21. The van der Waals surface area contributed by atoms with Gasteiger partial charge in [0, 0.05) is 116 Å². The van der Waals surface area contributed by atoms with Gasteiger partial charge in [0.05, 0.1) is 76.8 Å². The molecule has 0 radical (unpaired) electrons. The number of imide groups is 1. The first-order chi connectivity index (χ1) is 45.3. The molecule has 9 aromatic rings. The van der Waals surface area contributed by atoms with Crippen molar-refractivity contribution in [2.45, 2.75) is 115 Å². The Labute approximate surface area is 537 Å². The fourth-order valence-electron chi connectivity index (χ4n) is 16.4. The summed E-state index contributed by atoms with van der Waals surface area (Å²) in [7, 11) is 0. The van der Waals surface area contributed by atoms with Crippen LogP contribution in [0.1, 0.15) is 131 Å². The van der Waals surface area contributed by atoms with Crippen molar-refractivity contribution in [2.24, 2.45) is 5.92 Å². The van der Waals surface area contributed by atoms with Crippen LogP contribution in [0, 0.1) is 5.92 Å². The molecule has 92 heavy (non-hydrogen) atoms. The van der Waals surface area contributed by atoms with Gasteiger partial charge in [0.1, 0.15) is 6.54 Å². The van der Waals surface area contributed by atoms with Gasteiger partial charge in [-0.15, -0.1) is 0 Å².